The molecule has 6 nitrogen and oxygen atoms in total. The maximum absolute atomic E-state index is 5.59. The summed E-state index contributed by atoms with van der Waals surface area (Å²) < 4.78 is 7.06. The third kappa shape index (κ3) is 2.01. The van der Waals surface area contributed by atoms with Gasteiger partial charge in [0.05, 0.1) is 0 Å². The number of nitrogens with zero attached hydrogens (tertiary/aromatic N) is 4. The first-order valence-electron chi connectivity index (χ1n) is 4.90. The monoisotopic (exact) mass is 219 g/mol. The van der Waals surface area contributed by atoms with Gasteiger partial charge < -0.3 is 10.5 Å². The molecule has 0 spiro atoms. The molecule has 0 aliphatic rings. The summed E-state index contributed by atoms with van der Waals surface area (Å²) in [6, 6.07) is 6.18. The summed E-state index contributed by atoms with van der Waals surface area (Å²) in [7, 11) is 1.72. The molecule has 84 valence electrons. The molecule has 16 heavy (non-hydrogen) atoms. The van der Waals surface area contributed by atoms with E-state index in [9.17, 15) is 0 Å². The van der Waals surface area contributed by atoms with Crippen molar-refractivity contribution in [1.29, 1.82) is 0 Å². The number of ether oxygens (including phenoxy) is 1. The van der Waals surface area contributed by atoms with Gasteiger partial charge in [-0.2, -0.15) is 4.68 Å². The number of rotatable bonds is 3. The van der Waals surface area contributed by atoms with Crippen LogP contribution < -0.4 is 10.5 Å². The van der Waals surface area contributed by atoms with Crippen molar-refractivity contribution in [2.24, 2.45) is 12.8 Å². The Balaban J connectivity index is 2.30. The highest BCUT2D eigenvalue weighted by Crippen LogP contribution is 2.23. The van der Waals surface area contributed by atoms with E-state index in [1.165, 1.54) is 4.68 Å². The number of benzene rings is 1. The molecule has 1 aromatic heterocycles. The minimum absolute atomic E-state index is 0.359. The number of tetrazole rings is 1. The Hall–Kier alpha value is -1.95. The molecule has 0 aliphatic carbocycles. The molecule has 0 amide bonds. The van der Waals surface area contributed by atoms with Crippen LogP contribution >= 0.6 is 0 Å². The minimum Gasteiger partial charge on any atom is -0.423 e. The molecule has 0 aliphatic heterocycles. The van der Waals surface area contributed by atoms with Gasteiger partial charge in [0.25, 0.3) is 0 Å². The van der Waals surface area contributed by atoms with Gasteiger partial charge in [0.1, 0.15) is 5.75 Å². The molecule has 0 bridgehead atoms. The van der Waals surface area contributed by atoms with Crippen LogP contribution in [0.1, 0.15) is 11.1 Å². The van der Waals surface area contributed by atoms with E-state index in [2.05, 4.69) is 15.5 Å². The zero-order valence-corrected chi connectivity index (χ0v) is 9.21. The van der Waals surface area contributed by atoms with Gasteiger partial charge in [0, 0.05) is 13.6 Å². The van der Waals surface area contributed by atoms with E-state index in [1.807, 2.05) is 25.1 Å². The average molecular weight is 219 g/mol. The largest absolute Gasteiger partial charge is 0.423 e. The molecule has 0 saturated heterocycles. The Morgan fingerprint density at radius 3 is 2.88 bits per heavy atom. The van der Waals surface area contributed by atoms with Crippen molar-refractivity contribution in [1.82, 2.24) is 20.2 Å². The maximum atomic E-state index is 5.59. The highest BCUT2D eigenvalue weighted by molar-refractivity contribution is 5.37. The molecule has 0 atom stereocenters. The van der Waals surface area contributed by atoms with Crippen LogP contribution in [-0.4, -0.2) is 20.2 Å². The molecule has 0 unspecified atom stereocenters. The van der Waals surface area contributed by atoms with E-state index in [0.717, 1.165) is 16.9 Å². The van der Waals surface area contributed by atoms with E-state index in [4.69, 9.17) is 10.5 Å². The molecule has 0 fully saturated rings. The molecule has 2 rings (SSSR count). The summed E-state index contributed by atoms with van der Waals surface area (Å²) in [6.45, 7) is 2.44. The van der Waals surface area contributed by atoms with Gasteiger partial charge in [0.2, 0.25) is 0 Å². The quantitative estimate of drug-likeness (QED) is 0.824. The van der Waals surface area contributed by atoms with Gasteiger partial charge in [-0.3, -0.25) is 0 Å². The number of hydrogen-bond donors (Lipinski definition) is 1. The minimum atomic E-state index is 0.359. The van der Waals surface area contributed by atoms with Crippen molar-refractivity contribution in [2.45, 2.75) is 13.5 Å². The average Bonchev–Trinajstić information content (AvgIpc) is 2.68. The van der Waals surface area contributed by atoms with Gasteiger partial charge in [-0.25, -0.2) is 0 Å². The summed E-state index contributed by atoms with van der Waals surface area (Å²) in [5.74, 6) is 0.723. The maximum Gasteiger partial charge on any atom is 0.340 e. The Kier molecular flexibility index (Phi) is 2.82. The molecule has 6 heteroatoms. The Bertz CT molecular complexity index is 494. The first-order valence-corrected chi connectivity index (χ1v) is 4.90. The Labute approximate surface area is 93.0 Å². The molecule has 2 N–H and O–H groups in total. The van der Waals surface area contributed by atoms with Crippen LogP contribution in [0.2, 0.25) is 0 Å². The lowest BCUT2D eigenvalue weighted by molar-refractivity contribution is 0.411. The third-order valence-electron chi connectivity index (χ3n) is 2.27. The summed E-state index contributed by atoms with van der Waals surface area (Å²) >= 11 is 0. The standard InChI is InChI=1S/C10H13N5O/c1-7-3-4-8(6-11)5-9(7)16-10-12-13-14-15(10)2/h3-5H,6,11H2,1-2H3. The predicted molar refractivity (Wildman–Crippen MR) is 57.9 cm³/mol. The zero-order valence-electron chi connectivity index (χ0n) is 9.21. The third-order valence-corrected chi connectivity index (χ3v) is 2.27. The van der Waals surface area contributed by atoms with E-state index >= 15 is 0 Å². The Morgan fingerprint density at radius 1 is 1.44 bits per heavy atom. The molecule has 1 heterocycles. The Morgan fingerprint density at radius 2 is 2.25 bits per heavy atom. The van der Waals surface area contributed by atoms with Crippen molar-refractivity contribution >= 4 is 0 Å². The lowest BCUT2D eigenvalue weighted by Crippen LogP contribution is -2.00. The van der Waals surface area contributed by atoms with Crippen molar-refractivity contribution < 1.29 is 4.74 Å². The summed E-state index contributed by atoms with van der Waals surface area (Å²) in [4.78, 5) is 0. The van der Waals surface area contributed by atoms with Crippen LogP contribution in [0, 0.1) is 6.92 Å². The summed E-state index contributed by atoms with van der Waals surface area (Å²) in [6.07, 6.45) is 0. The lowest BCUT2D eigenvalue weighted by atomic mass is 10.1. The van der Waals surface area contributed by atoms with Gasteiger partial charge in [0.15, 0.2) is 0 Å². The van der Waals surface area contributed by atoms with Crippen molar-refractivity contribution in [3.8, 4) is 11.8 Å². The number of hydrogen-bond acceptors (Lipinski definition) is 5. The number of nitrogens with two attached hydrogens (primary N) is 1. The highest BCUT2D eigenvalue weighted by Gasteiger charge is 2.07. The first kappa shape index (κ1) is 10.6. The molecule has 1 aromatic carbocycles. The second-order valence-electron chi connectivity index (χ2n) is 3.49. The van der Waals surface area contributed by atoms with Crippen molar-refractivity contribution in [3.05, 3.63) is 29.3 Å². The predicted octanol–water partition coefficient (Wildman–Crippen LogP) is 0.770. The smallest absolute Gasteiger partial charge is 0.340 e. The fraction of sp³-hybridized carbons (Fsp3) is 0.300. The van der Waals surface area contributed by atoms with Crippen LogP contribution in [0.15, 0.2) is 18.2 Å². The van der Waals surface area contributed by atoms with Crippen molar-refractivity contribution in [2.75, 3.05) is 0 Å². The number of aryl methyl sites for hydroxylation is 2. The second kappa shape index (κ2) is 4.28. The van der Waals surface area contributed by atoms with Crippen LogP contribution in [0.25, 0.3) is 0 Å². The zero-order chi connectivity index (χ0) is 11.5. The highest BCUT2D eigenvalue weighted by atomic mass is 16.5. The molecular weight excluding hydrogens is 206 g/mol. The summed E-state index contributed by atoms with van der Waals surface area (Å²) in [5, 5.41) is 11.0. The molecular formula is C10H13N5O. The molecule has 2 aromatic rings. The van der Waals surface area contributed by atoms with E-state index < -0.39 is 0 Å². The SMILES string of the molecule is Cc1ccc(CN)cc1Oc1nnnn1C. The topological polar surface area (TPSA) is 78.8 Å². The number of aromatic nitrogens is 4. The van der Waals surface area contributed by atoms with E-state index in [1.54, 1.807) is 7.05 Å². The second-order valence-corrected chi connectivity index (χ2v) is 3.49. The van der Waals surface area contributed by atoms with Crippen LogP contribution in [0.3, 0.4) is 0 Å². The van der Waals surface area contributed by atoms with Gasteiger partial charge >= 0.3 is 6.01 Å². The van der Waals surface area contributed by atoms with Crippen LogP contribution in [0.5, 0.6) is 11.8 Å². The fourth-order valence-corrected chi connectivity index (χ4v) is 1.29. The van der Waals surface area contributed by atoms with Gasteiger partial charge in [-0.15, -0.1) is 0 Å². The summed E-state index contributed by atoms with van der Waals surface area (Å²) in [5.41, 5.74) is 7.59. The lowest BCUT2D eigenvalue weighted by Gasteiger charge is -2.07. The molecule has 0 saturated carbocycles. The van der Waals surface area contributed by atoms with E-state index in [-0.39, 0.29) is 0 Å². The van der Waals surface area contributed by atoms with Crippen LogP contribution in [-0.2, 0) is 13.6 Å². The van der Waals surface area contributed by atoms with Crippen molar-refractivity contribution in [3.63, 3.8) is 0 Å². The van der Waals surface area contributed by atoms with E-state index in [0.29, 0.717) is 12.6 Å². The van der Waals surface area contributed by atoms with Crippen LogP contribution in [0.4, 0.5) is 0 Å². The first-order chi connectivity index (χ1) is 7.70. The van der Waals surface area contributed by atoms with Gasteiger partial charge in [-0.1, -0.05) is 17.2 Å². The molecule has 0 radical (unpaired) electrons. The normalized spacial score (nSPS) is 10.4. The fourth-order valence-electron chi connectivity index (χ4n) is 1.29. The van der Waals surface area contributed by atoms with Gasteiger partial charge in [-0.05, 0) is 34.5 Å².